The Balaban J connectivity index is 1.34. The van der Waals surface area contributed by atoms with Gasteiger partial charge in [0.2, 0.25) is 15.9 Å². The summed E-state index contributed by atoms with van der Waals surface area (Å²) in [5, 5.41) is 2.99. The maximum absolute atomic E-state index is 13.1. The van der Waals surface area contributed by atoms with Gasteiger partial charge in [-0.15, -0.1) is 0 Å². The summed E-state index contributed by atoms with van der Waals surface area (Å²) in [6.45, 7) is 7.11. The van der Waals surface area contributed by atoms with Crippen LogP contribution in [0.1, 0.15) is 33.5 Å². The van der Waals surface area contributed by atoms with E-state index in [4.69, 9.17) is 0 Å². The number of rotatable bonds is 5. The summed E-state index contributed by atoms with van der Waals surface area (Å²) in [7, 11) is -3.33. The Morgan fingerprint density at radius 2 is 1.74 bits per heavy atom. The SMILES string of the molecule is Cc1cccc(NC(=O)CN2CCN(C(=O)c3ccc4c(c3)CCCN4S(C)(=O)=O)CC2)c1C. The third kappa shape index (κ3) is 5.26. The summed E-state index contributed by atoms with van der Waals surface area (Å²) < 4.78 is 25.6. The van der Waals surface area contributed by atoms with Crippen molar-refractivity contribution >= 4 is 33.2 Å². The number of piperazine rings is 1. The van der Waals surface area contributed by atoms with Gasteiger partial charge in [-0.25, -0.2) is 8.42 Å². The van der Waals surface area contributed by atoms with Gasteiger partial charge in [0, 0.05) is 44.0 Å². The van der Waals surface area contributed by atoms with Crippen LogP contribution in [-0.2, 0) is 21.2 Å². The summed E-state index contributed by atoms with van der Waals surface area (Å²) in [5.74, 6) is -0.114. The summed E-state index contributed by atoms with van der Waals surface area (Å²) in [5.41, 5.74) is 5.18. The first-order chi connectivity index (χ1) is 16.1. The van der Waals surface area contributed by atoms with Crippen LogP contribution in [0.3, 0.4) is 0 Å². The third-order valence-corrected chi connectivity index (χ3v) is 7.89. The molecule has 0 saturated carbocycles. The number of hydrogen-bond acceptors (Lipinski definition) is 5. The molecule has 0 radical (unpaired) electrons. The Morgan fingerprint density at radius 3 is 2.44 bits per heavy atom. The van der Waals surface area contributed by atoms with Gasteiger partial charge in [-0.05, 0) is 67.6 Å². The summed E-state index contributed by atoms with van der Waals surface area (Å²) in [4.78, 5) is 29.5. The molecule has 182 valence electrons. The lowest BCUT2D eigenvalue weighted by Gasteiger charge is -2.35. The second-order valence-corrected chi connectivity index (χ2v) is 11.1. The molecular formula is C25H32N4O4S. The monoisotopic (exact) mass is 484 g/mol. The van der Waals surface area contributed by atoms with Crippen LogP contribution < -0.4 is 9.62 Å². The number of carbonyl (C=O) groups excluding carboxylic acids is 2. The Morgan fingerprint density at radius 1 is 1.00 bits per heavy atom. The predicted octanol–water partition coefficient (Wildman–Crippen LogP) is 2.41. The molecule has 34 heavy (non-hydrogen) atoms. The maximum atomic E-state index is 13.1. The zero-order valence-electron chi connectivity index (χ0n) is 20.0. The highest BCUT2D eigenvalue weighted by molar-refractivity contribution is 7.92. The lowest BCUT2D eigenvalue weighted by molar-refractivity contribution is -0.117. The third-order valence-electron chi connectivity index (χ3n) is 6.71. The van der Waals surface area contributed by atoms with E-state index in [0.717, 1.165) is 35.2 Å². The molecule has 2 aromatic carbocycles. The lowest BCUT2D eigenvalue weighted by Crippen LogP contribution is -2.50. The molecule has 2 aliphatic heterocycles. The number of hydrogen-bond donors (Lipinski definition) is 1. The highest BCUT2D eigenvalue weighted by Crippen LogP contribution is 2.30. The van der Waals surface area contributed by atoms with Gasteiger partial charge in [0.05, 0.1) is 18.5 Å². The Bertz CT molecular complexity index is 1200. The van der Waals surface area contributed by atoms with Crippen molar-refractivity contribution in [3.05, 3.63) is 58.7 Å². The van der Waals surface area contributed by atoms with Gasteiger partial charge in [0.15, 0.2) is 0 Å². The topological polar surface area (TPSA) is 90.0 Å². The van der Waals surface area contributed by atoms with Crippen LogP contribution >= 0.6 is 0 Å². The van der Waals surface area contributed by atoms with E-state index in [1.165, 1.54) is 10.6 Å². The minimum absolute atomic E-state index is 0.0567. The first-order valence-corrected chi connectivity index (χ1v) is 13.5. The standard InChI is InChI=1S/C25H32N4O4S/c1-18-6-4-8-22(19(18)2)26-24(30)17-27-12-14-28(15-13-27)25(31)21-9-10-23-20(16-21)7-5-11-29(23)34(3,32)33/h4,6,8-10,16H,5,7,11-15,17H2,1-3H3,(H,26,30). The number of sulfonamides is 1. The van der Waals surface area contributed by atoms with Crippen LogP contribution in [0.5, 0.6) is 0 Å². The molecule has 2 heterocycles. The van der Waals surface area contributed by atoms with Crippen molar-refractivity contribution in [2.75, 3.05) is 55.1 Å². The van der Waals surface area contributed by atoms with Crippen LogP contribution in [0.2, 0.25) is 0 Å². The second kappa shape index (κ2) is 9.76. The van der Waals surface area contributed by atoms with Crippen LogP contribution in [0.15, 0.2) is 36.4 Å². The van der Waals surface area contributed by atoms with E-state index in [-0.39, 0.29) is 18.4 Å². The molecule has 0 aliphatic carbocycles. The summed E-state index contributed by atoms with van der Waals surface area (Å²) >= 11 is 0. The van der Waals surface area contributed by atoms with Crippen molar-refractivity contribution < 1.29 is 18.0 Å². The molecule has 1 fully saturated rings. The van der Waals surface area contributed by atoms with Gasteiger partial charge in [-0.3, -0.25) is 18.8 Å². The maximum Gasteiger partial charge on any atom is 0.253 e. The van der Waals surface area contributed by atoms with Gasteiger partial charge in [0.1, 0.15) is 0 Å². The average molecular weight is 485 g/mol. The van der Waals surface area contributed by atoms with Gasteiger partial charge < -0.3 is 10.2 Å². The second-order valence-electron chi connectivity index (χ2n) is 9.15. The first-order valence-electron chi connectivity index (χ1n) is 11.6. The molecule has 0 spiro atoms. The average Bonchev–Trinajstić information content (AvgIpc) is 2.80. The molecule has 2 aliphatic rings. The van der Waals surface area contributed by atoms with E-state index in [1.807, 2.05) is 38.1 Å². The van der Waals surface area contributed by atoms with E-state index >= 15 is 0 Å². The van der Waals surface area contributed by atoms with Gasteiger partial charge >= 0.3 is 0 Å². The Kier molecular flexibility index (Phi) is 6.95. The van der Waals surface area contributed by atoms with Crippen molar-refractivity contribution in [3.8, 4) is 0 Å². The molecule has 0 unspecified atom stereocenters. The molecule has 0 bridgehead atoms. The van der Waals surface area contributed by atoms with Crippen molar-refractivity contribution in [1.29, 1.82) is 0 Å². The molecule has 1 N–H and O–H groups in total. The molecule has 8 nitrogen and oxygen atoms in total. The largest absolute Gasteiger partial charge is 0.336 e. The molecule has 2 amide bonds. The minimum Gasteiger partial charge on any atom is -0.336 e. The van der Waals surface area contributed by atoms with Gasteiger partial charge in [0.25, 0.3) is 5.91 Å². The van der Waals surface area contributed by atoms with Crippen molar-refractivity contribution in [2.45, 2.75) is 26.7 Å². The molecule has 0 aromatic heterocycles. The molecule has 0 atom stereocenters. The zero-order valence-corrected chi connectivity index (χ0v) is 20.8. The number of carbonyl (C=O) groups is 2. The molecule has 2 aromatic rings. The summed E-state index contributed by atoms with van der Waals surface area (Å²) in [6.07, 6.45) is 2.70. The number of nitrogens with one attached hydrogen (secondary N) is 1. The number of anilines is 2. The summed E-state index contributed by atoms with van der Waals surface area (Å²) in [6, 6.07) is 11.2. The van der Waals surface area contributed by atoms with Gasteiger partial charge in [-0.2, -0.15) is 0 Å². The van der Waals surface area contributed by atoms with Crippen LogP contribution in [-0.4, -0.2) is 75.6 Å². The number of nitrogens with zero attached hydrogens (tertiary/aromatic N) is 3. The van der Waals surface area contributed by atoms with Gasteiger partial charge in [-0.1, -0.05) is 12.1 Å². The van der Waals surface area contributed by atoms with E-state index in [1.54, 1.807) is 17.0 Å². The smallest absolute Gasteiger partial charge is 0.253 e. The van der Waals surface area contributed by atoms with E-state index in [2.05, 4.69) is 10.2 Å². The first kappa shape index (κ1) is 24.2. The van der Waals surface area contributed by atoms with Crippen molar-refractivity contribution in [3.63, 3.8) is 0 Å². The fourth-order valence-corrected chi connectivity index (χ4v) is 5.61. The molecule has 1 saturated heterocycles. The van der Waals surface area contributed by atoms with Crippen molar-refractivity contribution in [2.24, 2.45) is 0 Å². The highest BCUT2D eigenvalue weighted by Gasteiger charge is 2.27. The predicted molar refractivity (Wildman–Crippen MR) is 134 cm³/mol. The fraction of sp³-hybridized carbons (Fsp3) is 0.440. The Hall–Kier alpha value is -2.91. The highest BCUT2D eigenvalue weighted by atomic mass is 32.2. The number of aryl methyl sites for hydroxylation is 2. The fourth-order valence-electron chi connectivity index (χ4n) is 4.61. The zero-order chi connectivity index (χ0) is 24.5. The Labute approximate surface area is 201 Å². The number of amides is 2. The minimum atomic E-state index is -3.33. The number of benzene rings is 2. The normalized spacial score (nSPS) is 16.8. The van der Waals surface area contributed by atoms with E-state index < -0.39 is 10.0 Å². The van der Waals surface area contributed by atoms with Crippen LogP contribution in [0.25, 0.3) is 0 Å². The molecule has 4 rings (SSSR count). The van der Waals surface area contributed by atoms with E-state index in [0.29, 0.717) is 44.0 Å². The van der Waals surface area contributed by atoms with Crippen LogP contribution in [0.4, 0.5) is 11.4 Å². The molecular weight excluding hydrogens is 452 g/mol. The van der Waals surface area contributed by atoms with Crippen molar-refractivity contribution in [1.82, 2.24) is 9.80 Å². The lowest BCUT2D eigenvalue weighted by atomic mass is 10.00. The molecule has 9 heteroatoms. The quantitative estimate of drug-likeness (QED) is 0.704. The van der Waals surface area contributed by atoms with Crippen LogP contribution in [0, 0.1) is 13.8 Å². The number of fused-ring (bicyclic) bond motifs is 1. The van der Waals surface area contributed by atoms with E-state index in [9.17, 15) is 18.0 Å².